The van der Waals surface area contributed by atoms with Crippen LogP contribution in [0.1, 0.15) is 48.9 Å². The fourth-order valence-electron chi connectivity index (χ4n) is 3.60. The third-order valence-corrected chi connectivity index (χ3v) is 5.27. The zero-order valence-electron chi connectivity index (χ0n) is 15.5. The highest BCUT2D eigenvalue weighted by atomic mass is 35.5. The van der Waals surface area contributed by atoms with Gasteiger partial charge in [-0.05, 0) is 63.8 Å². The maximum Gasteiger partial charge on any atom is 0.232 e. The van der Waals surface area contributed by atoms with Gasteiger partial charge in [-0.3, -0.25) is 9.55 Å². The molecule has 0 bridgehead atoms. The number of hydrogen-bond donors (Lipinski definition) is 0. The molecule has 0 unspecified atom stereocenters. The molecule has 140 valence electrons. The van der Waals surface area contributed by atoms with Crippen LogP contribution in [0, 0.1) is 13.8 Å². The summed E-state index contributed by atoms with van der Waals surface area (Å²) in [7, 11) is 0. The quantitative estimate of drug-likeness (QED) is 0.666. The Morgan fingerprint density at radius 2 is 1.70 bits per heavy atom. The summed E-state index contributed by atoms with van der Waals surface area (Å²) in [4.78, 5) is 8.53. The molecule has 1 saturated carbocycles. The average molecular weight is 384 g/mol. The molecular formula is C20H22ClN5O. The van der Waals surface area contributed by atoms with Crippen molar-refractivity contribution in [3.05, 3.63) is 59.0 Å². The van der Waals surface area contributed by atoms with E-state index in [0.717, 1.165) is 53.7 Å². The molecule has 2 aromatic heterocycles. The van der Waals surface area contributed by atoms with Crippen LogP contribution in [0.25, 0.3) is 5.69 Å². The van der Waals surface area contributed by atoms with E-state index in [1.54, 1.807) is 12.4 Å². The molecule has 2 heterocycles. The van der Waals surface area contributed by atoms with Crippen molar-refractivity contribution in [1.29, 1.82) is 0 Å². The fourth-order valence-corrected chi connectivity index (χ4v) is 3.73. The Labute approximate surface area is 163 Å². The van der Waals surface area contributed by atoms with Crippen molar-refractivity contribution < 1.29 is 4.74 Å². The van der Waals surface area contributed by atoms with Gasteiger partial charge in [-0.25, -0.2) is 4.98 Å². The van der Waals surface area contributed by atoms with Crippen LogP contribution in [-0.4, -0.2) is 30.8 Å². The first-order valence-electron chi connectivity index (χ1n) is 9.23. The molecule has 0 saturated heterocycles. The van der Waals surface area contributed by atoms with E-state index in [1.807, 2.05) is 38.1 Å². The summed E-state index contributed by atoms with van der Waals surface area (Å²) in [5.74, 6) is 2.87. The SMILES string of the molecule is Cc1cnc(OC2CCC(c3nnc(C)n3-c3ccc(Cl)cc3)CC2)cn1. The molecule has 1 aliphatic carbocycles. The summed E-state index contributed by atoms with van der Waals surface area (Å²) < 4.78 is 8.13. The van der Waals surface area contributed by atoms with E-state index in [-0.39, 0.29) is 6.10 Å². The molecule has 4 rings (SSSR count). The van der Waals surface area contributed by atoms with E-state index in [4.69, 9.17) is 16.3 Å². The molecule has 0 spiro atoms. The van der Waals surface area contributed by atoms with Crippen LogP contribution in [0.3, 0.4) is 0 Å². The van der Waals surface area contributed by atoms with Gasteiger partial charge in [-0.1, -0.05) is 11.6 Å². The summed E-state index contributed by atoms with van der Waals surface area (Å²) in [5.41, 5.74) is 1.94. The van der Waals surface area contributed by atoms with E-state index in [1.165, 1.54) is 0 Å². The van der Waals surface area contributed by atoms with Gasteiger partial charge in [0.2, 0.25) is 5.88 Å². The summed E-state index contributed by atoms with van der Waals surface area (Å²) in [6.45, 7) is 3.90. The Kier molecular flexibility index (Phi) is 5.07. The molecular weight excluding hydrogens is 362 g/mol. The van der Waals surface area contributed by atoms with E-state index in [0.29, 0.717) is 11.8 Å². The fraction of sp³-hybridized carbons (Fsp3) is 0.400. The molecule has 0 N–H and O–H groups in total. The van der Waals surface area contributed by atoms with Crippen molar-refractivity contribution in [3.63, 3.8) is 0 Å². The van der Waals surface area contributed by atoms with E-state index in [9.17, 15) is 0 Å². The van der Waals surface area contributed by atoms with E-state index >= 15 is 0 Å². The van der Waals surface area contributed by atoms with Crippen LogP contribution < -0.4 is 4.74 Å². The zero-order chi connectivity index (χ0) is 18.8. The summed E-state index contributed by atoms with van der Waals surface area (Å²) in [6.07, 6.45) is 7.55. The monoisotopic (exact) mass is 383 g/mol. The number of ether oxygens (including phenoxy) is 1. The number of nitrogens with zero attached hydrogens (tertiary/aromatic N) is 5. The van der Waals surface area contributed by atoms with Crippen molar-refractivity contribution >= 4 is 11.6 Å². The highest BCUT2D eigenvalue weighted by Gasteiger charge is 2.28. The minimum absolute atomic E-state index is 0.172. The van der Waals surface area contributed by atoms with E-state index < -0.39 is 0 Å². The lowest BCUT2D eigenvalue weighted by Gasteiger charge is -2.28. The molecule has 1 aromatic carbocycles. The number of hydrogen-bond acceptors (Lipinski definition) is 5. The van der Waals surface area contributed by atoms with Crippen molar-refractivity contribution in [3.8, 4) is 11.6 Å². The second kappa shape index (κ2) is 7.64. The zero-order valence-corrected chi connectivity index (χ0v) is 16.2. The standard InChI is InChI=1S/C20H22ClN5O/c1-13-11-23-19(12-22-13)27-18-9-3-15(4-10-18)20-25-24-14(2)26(20)17-7-5-16(21)6-8-17/h5-8,11-12,15,18H,3-4,9-10H2,1-2H3. The maximum atomic E-state index is 6.03. The third kappa shape index (κ3) is 3.95. The van der Waals surface area contributed by atoms with Gasteiger partial charge in [0.15, 0.2) is 0 Å². The first-order valence-corrected chi connectivity index (χ1v) is 9.61. The number of halogens is 1. The molecule has 6 nitrogen and oxygen atoms in total. The lowest BCUT2D eigenvalue weighted by molar-refractivity contribution is 0.138. The first-order chi connectivity index (χ1) is 13.1. The minimum atomic E-state index is 0.172. The highest BCUT2D eigenvalue weighted by Crippen LogP contribution is 2.34. The van der Waals surface area contributed by atoms with Gasteiger partial charge in [0.1, 0.15) is 17.8 Å². The van der Waals surface area contributed by atoms with Crippen molar-refractivity contribution in [2.75, 3.05) is 0 Å². The molecule has 7 heteroatoms. The average Bonchev–Trinajstić information content (AvgIpc) is 3.06. The van der Waals surface area contributed by atoms with Crippen molar-refractivity contribution in [1.82, 2.24) is 24.7 Å². The van der Waals surface area contributed by atoms with Gasteiger partial charge in [-0.15, -0.1) is 10.2 Å². The van der Waals surface area contributed by atoms with Crippen molar-refractivity contribution in [2.24, 2.45) is 0 Å². The highest BCUT2D eigenvalue weighted by molar-refractivity contribution is 6.30. The summed E-state index contributed by atoms with van der Waals surface area (Å²) in [6, 6.07) is 7.81. The summed E-state index contributed by atoms with van der Waals surface area (Å²) in [5, 5.41) is 9.51. The normalized spacial score (nSPS) is 19.8. The second-order valence-electron chi connectivity index (χ2n) is 7.00. The molecule has 0 atom stereocenters. The topological polar surface area (TPSA) is 65.7 Å². The van der Waals surface area contributed by atoms with Crippen LogP contribution in [0.5, 0.6) is 5.88 Å². The van der Waals surface area contributed by atoms with Gasteiger partial charge in [0, 0.05) is 16.6 Å². The maximum absolute atomic E-state index is 6.03. The molecule has 0 aliphatic heterocycles. The number of aromatic nitrogens is 5. The van der Waals surface area contributed by atoms with Crippen LogP contribution in [0.2, 0.25) is 5.02 Å². The van der Waals surface area contributed by atoms with Crippen LogP contribution in [0.15, 0.2) is 36.7 Å². The van der Waals surface area contributed by atoms with Crippen LogP contribution in [0.4, 0.5) is 0 Å². The summed E-state index contributed by atoms with van der Waals surface area (Å²) >= 11 is 6.03. The third-order valence-electron chi connectivity index (χ3n) is 5.02. The first kappa shape index (κ1) is 17.9. The van der Waals surface area contributed by atoms with Gasteiger partial charge < -0.3 is 4.74 Å². The van der Waals surface area contributed by atoms with Gasteiger partial charge in [0.05, 0.1) is 18.1 Å². The Bertz CT molecular complexity index is 899. The number of rotatable bonds is 4. The largest absolute Gasteiger partial charge is 0.473 e. The number of benzene rings is 1. The Morgan fingerprint density at radius 3 is 2.37 bits per heavy atom. The van der Waals surface area contributed by atoms with Crippen LogP contribution in [-0.2, 0) is 0 Å². The van der Waals surface area contributed by atoms with E-state index in [2.05, 4.69) is 24.7 Å². The lowest BCUT2D eigenvalue weighted by atomic mass is 9.86. The van der Waals surface area contributed by atoms with Gasteiger partial charge in [0.25, 0.3) is 0 Å². The Morgan fingerprint density at radius 1 is 0.963 bits per heavy atom. The predicted molar refractivity (Wildman–Crippen MR) is 104 cm³/mol. The second-order valence-corrected chi connectivity index (χ2v) is 7.44. The molecule has 27 heavy (non-hydrogen) atoms. The molecule has 1 aliphatic rings. The molecule has 1 fully saturated rings. The predicted octanol–water partition coefficient (Wildman–Crippen LogP) is 4.43. The lowest BCUT2D eigenvalue weighted by Crippen LogP contribution is -2.25. The number of aryl methyl sites for hydroxylation is 2. The smallest absolute Gasteiger partial charge is 0.232 e. The Hall–Kier alpha value is -2.47. The minimum Gasteiger partial charge on any atom is -0.473 e. The molecule has 3 aromatic rings. The molecule has 0 amide bonds. The van der Waals surface area contributed by atoms with Crippen molar-refractivity contribution in [2.45, 2.75) is 51.6 Å². The molecule has 0 radical (unpaired) electrons. The van der Waals surface area contributed by atoms with Gasteiger partial charge in [-0.2, -0.15) is 0 Å². The van der Waals surface area contributed by atoms with Crippen LogP contribution >= 0.6 is 11.6 Å². The van der Waals surface area contributed by atoms with Gasteiger partial charge >= 0.3 is 0 Å². The Balaban J connectivity index is 1.45.